The maximum absolute atomic E-state index is 13.0. The summed E-state index contributed by atoms with van der Waals surface area (Å²) in [4.78, 5) is 27.6. The lowest BCUT2D eigenvalue weighted by Gasteiger charge is -2.22. The van der Waals surface area contributed by atoms with E-state index in [1.54, 1.807) is 50.4 Å². The molecule has 1 aliphatic rings. The van der Waals surface area contributed by atoms with Crippen molar-refractivity contribution in [1.82, 2.24) is 4.90 Å². The highest BCUT2D eigenvalue weighted by Gasteiger charge is 2.22. The van der Waals surface area contributed by atoms with Gasteiger partial charge < -0.3 is 19.7 Å². The molecule has 3 rings (SSSR count). The van der Waals surface area contributed by atoms with E-state index in [1.165, 1.54) is 0 Å². The third-order valence-corrected chi connectivity index (χ3v) is 5.05. The number of carbonyl (C=O) groups excluding carboxylic acids is 2. The molecule has 0 bridgehead atoms. The smallest absolute Gasteiger partial charge is 0.265 e. The lowest BCUT2D eigenvalue weighted by molar-refractivity contribution is -0.122. The number of nitrogens with zero attached hydrogens (tertiary/aromatic N) is 1. The number of carbonyl (C=O) groups is 2. The van der Waals surface area contributed by atoms with E-state index >= 15 is 0 Å². The Balaban J connectivity index is 1.67. The topological polar surface area (TPSA) is 67.9 Å². The summed E-state index contributed by atoms with van der Waals surface area (Å²) in [6, 6.07) is 14.2. The van der Waals surface area contributed by atoms with Crippen LogP contribution in [0.1, 0.15) is 43.0 Å². The van der Waals surface area contributed by atoms with Crippen molar-refractivity contribution in [2.45, 2.75) is 38.7 Å². The van der Waals surface area contributed by atoms with Crippen molar-refractivity contribution < 1.29 is 19.1 Å². The number of likely N-dealkylation sites (tertiary alicyclic amines) is 1. The summed E-state index contributed by atoms with van der Waals surface area (Å²) in [5, 5.41) is 2.85. The predicted octanol–water partition coefficient (Wildman–Crippen LogP) is 4.12. The average molecular weight is 396 g/mol. The molecule has 0 radical (unpaired) electrons. The van der Waals surface area contributed by atoms with E-state index in [1.807, 2.05) is 17.0 Å². The molecule has 0 spiro atoms. The number of hydrogen-bond donors (Lipinski definition) is 1. The zero-order valence-electron chi connectivity index (χ0n) is 17.0. The standard InChI is InChI=1S/C23H28N2O4/c1-17(29-19-13-11-18(28-2)12-14-19)22(26)24-21-10-6-5-9-20(21)23(27)25-15-7-3-4-8-16-25/h5-6,9-14,17H,3-4,7-8,15-16H2,1-2H3,(H,24,26)/t17-/m0/s1. The second-order valence-electron chi connectivity index (χ2n) is 7.18. The van der Waals surface area contributed by atoms with Crippen molar-refractivity contribution in [3.8, 4) is 11.5 Å². The lowest BCUT2D eigenvalue weighted by Crippen LogP contribution is -2.34. The molecule has 154 valence electrons. The van der Waals surface area contributed by atoms with Gasteiger partial charge in [0.25, 0.3) is 11.8 Å². The fraction of sp³-hybridized carbons (Fsp3) is 0.391. The number of ether oxygens (including phenoxy) is 2. The van der Waals surface area contributed by atoms with Crippen LogP contribution in [0.15, 0.2) is 48.5 Å². The molecule has 0 aliphatic carbocycles. The summed E-state index contributed by atoms with van der Waals surface area (Å²) in [5.74, 6) is 0.946. The summed E-state index contributed by atoms with van der Waals surface area (Å²) in [7, 11) is 1.59. The SMILES string of the molecule is COc1ccc(O[C@@H](C)C(=O)Nc2ccccc2C(=O)N2CCCCCC2)cc1. The van der Waals surface area contributed by atoms with E-state index in [4.69, 9.17) is 9.47 Å². The Morgan fingerprint density at radius 3 is 2.21 bits per heavy atom. The van der Waals surface area contributed by atoms with Crippen LogP contribution in [0.5, 0.6) is 11.5 Å². The largest absolute Gasteiger partial charge is 0.497 e. The molecule has 6 nitrogen and oxygen atoms in total. The van der Waals surface area contributed by atoms with Gasteiger partial charge in [0.1, 0.15) is 11.5 Å². The molecule has 1 saturated heterocycles. The quantitative estimate of drug-likeness (QED) is 0.798. The predicted molar refractivity (Wildman–Crippen MR) is 113 cm³/mol. The molecule has 1 atom stereocenters. The number of methoxy groups -OCH3 is 1. The first-order valence-corrected chi connectivity index (χ1v) is 10.1. The van der Waals surface area contributed by atoms with Gasteiger partial charge in [0.05, 0.1) is 18.4 Å². The fourth-order valence-corrected chi connectivity index (χ4v) is 3.37. The summed E-state index contributed by atoms with van der Waals surface area (Å²) >= 11 is 0. The lowest BCUT2D eigenvalue weighted by atomic mass is 10.1. The molecule has 0 aromatic heterocycles. The normalized spacial score (nSPS) is 15.2. The fourth-order valence-electron chi connectivity index (χ4n) is 3.37. The molecule has 1 heterocycles. The van der Waals surface area contributed by atoms with Crippen molar-refractivity contribution in [3.05, 3.63) is 54.1 Å². The van der Waals surface area contributed by atoms with Crippen LogP contribution in [-0.2, 0) is 4.79 Å². The minimum Gasteiger partial charge on any atom is -0.497 e. The van der Waals surface area contributed by atoms with E-state index in [9.17, 15) is 9.59 Å². The Hall–Kier alpha value is -3.02. The van der Waals surface area contributed by atoms with Gasteiger partial charge in [-0.25, -0.2) is 0 Å². The van der Waals surface area contributed by atoms with Gasteiger partial charge in [-0.1, -0.05) is 25.0 Å². The van der Waals surface area contributed by atoms with E-state index in [-0.39, 0.29) is 11.8 Å². The van der Waals surface area contributed by atoms with Gasteiger partial charge >= 0.3 is 0 Å². The van der Waals surface area contributed by atoms with Crippen molar-refractivity contribution in [2.75, 3.05) is 25.5 Å². The zero-order valence-corrected chi connectivity index (χ0v) is 17.0. The molecular formula is C23H28N2O4. The summed E-state index contributed by atoms with van der Waals surface area (Å²) in [6.07, 6.45) is 3.63. The number of amides is 2. The van der Waals surface area contributed by atoms with E-state index < -0.39 is 6.10 Å². The maximum Gasteiger partial charge on any atom is 0.265 e. The minimum atomic E-state index is -0.718. The Labute approximate surface area is 171 Å². The average Bonchev–Trinajstić information content (AvgIpc) is 3.04. The maximum atomic E-state index is 13.0. The molecule has 1 fully saturated rings. The second kappa shape index (κ2) is 9.96. The van der Waals surface area contributed by atoms with Gasteiger partial charge in [-0.05, 0) is 56.2 Å². The van der Waals surface area contributed by atoms with Crippen LogP contribution >= 0.6 is 0 Å². The van der Waals surface area contributed by atoms with Gasteiger partial charge in [-0.3, -0.25) is 9.59 Å². The van der Waals surface area contributed by atoms with Crippen LogP contribution in [0, 0.1) is 0 Å². The monoisotopic (exact) mass is 396 g/mol. The molecule has 6 heteroatoms. The number of para-hydroxylation sites is 1. The van der Waals surface area contributed by atoms with Gasteiger partial charge in [-0.15, -0.1) is 0 Å². The third kappa shape index (κ3) is 5.50. The zero-order chi connectivity index (χ0) is 20.6. The molecule has 0 saturated carbocycles. The highest BCUT2D eigenvalue weighted by atomic mass is 16.5. The minimum absolute atomic E-state index is 0.0356. The van der Waals surface area contributed by atoms with Gasteiger partial charge in [0.2, 0.25) is 0 Å². The number of nitrogens with one attached hydrogen (secondary N) is 1. The van der Waals surface area contributed by atoms with Crippen LogP contribution in [0.25, 0.3) is 0 Å². The highest BCUT2D eigenvalue weighted by molar-refractivity contribution is 6.04. The molecule has 2 amide bonds. The van der Waals surface area contributed by atoms with Gasteiger partial charge in [-0.2, -0.15) is 0 Å². The van der Waals surface area contributed by atoms with Crippen LogP contribution in [-0.4, -0.2) is 43.0 Å². The van der Waals surface area contributed by atoms with Crippen molar-refractivity contribution >= 4 is 17.5 Å². The Bertz CT molecular complexity index is 827. The Morgan fingerprint density at radius 1 is 0.931 bits per heavy atom. The van der Waals surface area contributed by atoms with Gasteiger partial charge in [0, 0.05) is 13.1 Å². The van der Waals surface area contributed by atoms with Crippen LogP contribution < -0.4 is 14.8 Å². The molecule has 0 unspecified atom stereocenters. The van der Waals surface area contributed by atoms with Crippen molar-refractivity contribution in [3.63, 3.8) is 0 Å². The Morgan fingerprint density at radius 2 is 1.55 bits per heavy atom. The summed E-state index contributed by atoms with van der Waals surface area (Å²) < 4.78 is 10.8. The Kier molecular flexibility index (Phi) is 7.11. The number of hydrogen-bond acceptors (Lipinski definition) is 4. The first-order chi connectivity index (χ1) is 14.1. The summed E-state index contributed by atoms with van der Waals surface area (Å²) in [5.41, 5.74) is 1.02. The third-order valence-electron chi connectivity index (χ3n) is 5.05. The van der Waals surface area contributed by atoms with E-state index in [2.05, 4.69) is 5.32 Å². The molecule has 2 aromatic carbocycles. The van der Waals surface area contributed by atoms with E-state index in [0.29, 0.717) is 17.0 Å². The first-order valence-electron chi connectivity index (χ1n) is 10.1. The number of benzene rings is 2. The molecule has 29 heavy (non-hydrogen) atoms. The van der Waals surface area contributed by atoms with Crippen molar-refractivity contribution in [2.24, 2.45) is 0 Å². The number of rotatable bonds is 6. The van der Waals surface area contributed by atoms with Crippen molar-refractivity contribution in [1.29, 1.82) is 0 Å². The van der Waals surface area contributed by atoms with E-state index in [0.717, 1.165) is 44.5 Å². The molecule has 1 aliphatic heterocycles. The van der Waals surface area contributed by atoms with Gasteiger partial charge in [0.15, 0.2) is 6.10 Å². The summed E-state index contributed by atoms with van der Waals surface area (Å²) in [6.45, 7) is 3.20. The highest BCUT2D eigenvalue weighted by Crippen LogP contribution is 2.22. The molecule has 1 N–H and O–H groups in total. The molecule has 2 aromatic rings. The van der Waals surface area contributed by atoms with Crippen LogP contribution in [0.2, 0.25) is 0 Å². The second-order valence-corrected chi connectivity index (χ2v) is 7.18. The number of anilines is 1. The molecular weight excluding hydrogens is 368 g/mol. The van der Waals surface area contributed by atoms with Crippen LogP contribution in [0.4, 0.5) is 5.69 Å². The first kappa shape index (κ1) is 20.7. The van der Waals surface area contributed by atoms with Crippen LogP contribution in [0.3, 0.4) is 0 Å².